The van der Waals surface area contributed by atoms with Crippen LogP contribution < -0.4 is 10.6 Å². The summed E-state index contributed by atoms with van der Waals surface area (Å²) in [4.78, 5) is 9.12. The number of rotatable bonds is 6. The molecule has 0 spiro atoms. The predicted octanol–water partition coefficient (Wildman–Crippen LogP) is 5.21. The molecule has 3 rings (SSSR count). The number of hydrogen-bond acceptors (Lipinski definition) is 4. The number of nitrogens with zero attached hydrogens (tertiary/aromatic N) is 2. The maximum absolute atomic E-state index is 13.7. The highest BCUT2D eigenvalue weighted by Gasteiger charge is 2.26. The summed E-state index contributed by atoms with van der Waals surface area (Å²) in [7, 11) is 0. The van der Waals surface area contributed by atoms with Crippen LogP contribution >= 0.6 is 15.9 Å². The zero-order chi connectivity index (χ0) is 16.4. The molecule has 6 heteroatoms. The van der Waals surface area contributed by atoms with E-state index in [9.17, 15) is 4.39 Å². The predicted molar refractivity (Wildman–Crippen MR) is 94.8 cm³/mol. The Morgan fingerprint density at radius 1 is 1.30 bits per heavy atom. The van der Waals surface area contributed by atoms with Crippen molar-refractivity contribution in [2.45, 2.75) is 45.1 Å². The third-order valence-electron chi connectivity index (χ3n) is 3.92. The summed E-state index contributed by atoms with van der Waals surface area (Å²) in [6.45, 7) is 4.22. The van der Waals surface area contributed by atoms with Crippen LogP contribution in [-0.4, -0.2) is 16.0 Å². The second-order valence-electron chi connectivity index (χ2n) is 5.98. The fourth-order valence-corrected chi connectivity index (χ4v) is 2.47. The van der Waals surface area contributed by atoms with Crippen LogP contribution in [-0.2, 0) is 0 Å². The Hall–Kier alpha value is -1.69. The van der Waals surface area contributed by atoms with Gasteiger partial charge in [0.25, 0.3) is 0 Å². The van der Waals surface area contributed by atoms with Crippen molar-refractivity contribution >= 4 is 33.4 Å². The lowest BCUT2D eigenvalue weighted by atomic mass is 10.2. The first-order valence-electron chi connectivity index (χ1n) is 7.92. The summed E-state index contributed by atoms with van der Waals surface area (Å²) in [5, 5.41) is 6.49. The summed E-state index contributed by atoms with van der Waals surface area (Å²) in [6, 6.07) is 7.21. The van der Waals surface area contributed by atoms with Gasteiger partial charge in [0.2, 0.25) is 5.95 Å². The van der Waals surface area contributed by atoms with Gasteiger partial charge in [-0.2, -0.15) is 4.98 Å². The fraction of sp³-hybridized carbons (Fsp3) is 0.412. The maximum Gasteiger partial charge on any atom is 0.225 e. The van der Waals surface area contributed by atoms with E-state index in [1.807, 2.05) is 12.1 Å². The molecule has 0 unspecified atom stereocenters. The van der Waals surface area contributed by atoms with Crippen molar-refractivity contribution in [2.75, 3.05) is 10.6 Å². The van der Waals surface area contributed by atoms with Crippen LogP contribution in [0.15, 0.2) is 28.7 Å². The lowest BCUT2D eigenvalue weighted by Crippen LogP contribution is -2.16. The first-order chi connectivity index (χ1) is 11.0. The smallest absolute Gasteiger partial charge is 0.225 e. The molecule has 1 atom stereocenters. The molecule has 1 aliphatic rings. The van der Waals surface area contributed by atoms with Gasteiger partial charge < -0.3 is 10.6 Å². The van der Waals surface area contributed by atoms with E-state index in [1.54, 1.807) is 6.07 Å². The summed E-state index contributed by atoms with van der Waals surface area (Å²) in [5.41, 5.74) is 1.71. The van der Waals surface area contributed by atoms with Gasteiger partial charge in [0, 0.05) is 23.7 Å². The van der Waals surface area contributed by atoms with Crippen LogP contribution in [0.25, 0.3) is 0 Å². The van der Waals surface area contributed by atoms with Crippen molar-refractivity contribution in [2.24, 2.45) is 0 Å². The first kappa shape index (κ1) is 16.2. The molecule has 1 heterocycles. The van der Waals surface area contributed by atoms with Crippen LogP contribution in [0.4, 0.5) is 21.8 Å². The average Bonchev–Trinajstić information content (AvgIpc) is 3.35. The van der Waals surface area contributed by atoms with Crippen molar-refractivity contribution < 1.29 is 4.39 Å². The summed E-state index contributed by atoms with van der Waals surface area (Å²) >= 11 is 3.16. The molecule has 0 amide bonds. The van der Waals surface area contributed by atoms with E-state index < -0.39 is 0 Å². The SMILES string of the molecule is CC[C@@H](C)Nc1nc(Nc2ccc(Br)c(F)c2)cc(C2CC2)n1. The number of benzene rings is 1. The Balaban J connectivity index is 1.86. The van der Waals surface area contributed by atoms with Gasteiger partial charge in [-0.05, 0) is 60.3 Å². The van der Waals surface area contributed by atoms with Gasteiger partial charge in [-0.3, -0.25) is 0 Å². The molecule has 0 radical (unpaired) electrons. The third-order valence-corrected chi connectivity index (χ3v) is 4.56. The highest BCUT2D eigenvalue weighted by molar-refractivity contribution is 9.10. The first-order valence-corrected chi connectivity index (χ1v) is 8.72. The molecule has 2 N–H and O–H groups in total. The topological polar surface area (TPSA) is 49.8 Å². The van der Waals surface area contributed by atoms with Crippen molar-refractivity contribution in [3.05, 3.63) is 40.2 Å². The molecule has 0 bridgehead atoms. The number of anilines is 3. The van der Waals surface area contributed by atoms with Gasteiger partial charge >= 0.3 is 0 Å². The van der Waals surface area contributed by atoms with Crippen molar-refractivity contribution in [1.82, 2.24) is 9.97 Å². The van der Waals surface area contributed by atoms with Gasteiger partial charge in [-0.25, -0.2) is 9.37 Å². The average molecular weight is 379 g/mol. The summed E-state index contributed by atoms with van der Waals surface area (Å²) in [5.74, 6) is 1.54. The molecule has 1 saturated carbocycles. The highest BCUT2D eigenvalue weighted by atomic mass is 79.9. The molecule has 4 nitrogen and oxygen atoms in total. The molecular weight excluding hydrogens is 359 g/mol. The zero-order valence-electron chi connectivity index (χ0n) is 13.2. The lowest BCUT2D eigenvalue weighted by Gasteiger charge is -2.14. The van der Waals surface area contributed by atoms with Crippen LogP contribution in [0.2, 0.25) is 0 Å². The number of hydrogen-bond donors (Lipinski definition) is 2. The second-order valence-corrected chi connectivity index (χ2v) is 6.84. The van der Waals surface area contributed by atoms with Crippen LogP contribution in [0.3, 0.4) is 0 Å². The quantitative estimate of drug-likeness (QED) is 0.724. The van der Waals surface area contributed by atoms with E-state index in [-0.39, 0.29) is 5.82 Å². The van der Waals surface area contributed by atoms with Crippen LogP contribution in [0.1, 0.15) is 44.7 Å². The Labute approximate surface area is 144 Å². The minimum Gasteiger partial charge on any atom is -0.352 e. The Morgan fingerprint density at radius 3 is 2.74 bits per heavy atom. The number of halogens is 2. The third kappa shape index (κ3) is 4.19. The van der Waals surface area contributed by atoms with E-state index in [4.69, 9.17) is 0 Å². The minimum absolute atomic E-state index is 0.301. The Bertz CT molecular complexity index is 703. The second kappa shape index (κ2) is 6.83. The fourth-order valence-electron chi connectivity index (χ4n) is 2.23. The normalized spacial score (nSPS) is 15.3. The summed E-state index contributed by atoms with van der Waals surface area (Å²) in [6.07, 6.45) is 3.34. The Kier molecular flexibility index (Phi) is 4.80. The van der Waals surface area contributed by atoms with E-state index in [2.05, 4.69) is 50.4 Å². The Morgan fingerprint density at radius 2 is 2.09 bits per heavy atom. The van der Waals surface area contributed by atoms with Gasteiger partial charge in [-0.1, -0.05) is 6.92 Å². The van der Waals surface area contributed by atoms with E-state index in [0.29, 0.717) is 33.9 Å². The van der Waals surface area contributed by atoms with Crippen molar-refractivity contribution in [1.29, 1.82) is 0 Å². The molecule has 1 aliphatic carbocycles. The molecule has 1 aromatic heterocycles. The van der Waals surface area contributed by atoms with Gasteiger partial charge in [0.05, 0.1) is 10.2 Å². The largest absolute Gasteiger partial charge is 0.352 e. The number of aromatic nitrogens is 2. The molecule has 2 aromatic rings. The van der Waals surface area contributed by atoms with Crippen LogP contribution in [0, 0.1) is 5.82 Å². The van der Waals surface area contributed by atoms with Gasteiger partial charge in [-0.15, -0.1) is 0 Å². The number of nitrogens with one attached hydrogen (secondary N) is 2. The lowest BCUT2D eigenvalue weighted by molar-refractivity contribution is 0.622. The van der Waals surface area contributed by atoms with Gasteiger partial charge in [0.15, 0.2) is 0 Å². The monoisotopic (exact) mass is 378 g/mol. The molecule has 23 heavy (non-hydrogen) atoms. The molecule has 0 saturated heterocycles. The summed E-state index contributed by atoms with van der Waals surface area (Å²) < 4.78 is 14.1. The molecule has 122 valence electrons. The molecule has 1 fully saturated rings. The maximum atomic E-state index is 13.7. The van der Waals surface area contributed by atoms with E-state index >= 15 is 0 Å². The molecule has 1 aromatic carbocycles. The van der Waals surface area contributed by atoms with Crippen LogP contribution in [0.5, 0.6) is 0 Å². The zero-order valence-corrected chi connectivity index (χ0v) is 14.8. The van der Waals surface area contributed by atoms with Crippen molar-refractivity contribution in [3.8, 4) is 0 Å². The highest BCUT2D eigenvalue weighted by Crippen LogP contribution is 2.40. The standard InChI is InChI=1S/C17H20BrFN4/c1-3-10(2)20-17-22-15(11-4-5-11)9-16(23-17)21-12-6-7-13(18)14(19)8-12/h6-11H,3-5H2,1-2H3,(H2,20,21,22,23)/t10-/m1/s1. The molecule has 0 aliphatic heterocycles. The van der Waals surface area contributed by atoms with E-state index in [0.717, 1.165) is 12.1 Å². The molecular formula is C17H20BrFN4. The van der Waals surface area contributed by atoms with E-state index in [1.165, 1.54) is 18.9 Å². The van der Waals surface area contributed by atoms with Gasteiger partial charge in [0.1, 0.15) is 11.6 Å². The van der Waals surface area contributed by atoms with Crippen molar-refractivity contribution in [3.63, 3.8) is 0 Å². The minimum atomic E-state index is -0.301.